The van der Waals surface area contributed by atoms with Crippen LogP contribution >= 0.6 is 0 Å². The van der Waals surface area contributed by atoms with E-state index in [9.17, 15) is 19.8 Å². The summed E-state index contributed by atoms with van der Waals surface area (Å²) in [4.78, 5) is 28.8. The summed E-state index contributed by atoms with van der Waals surface area (Å²) in [6.07, 6.45) is 1.07. The zero-order valence-electron chi connectivity index (χ0n) is 21.4. The Morgan fingerprint density at radius 1 is 1.18 bits per heavy atom. The van der Waals surface area contributed by atoms with E-state index in [-0.39, 0.29) is 30.9 Å². The number of carbonyl (C=O) groups excluding carboxylic acids is 2. The van der Waals surface area contributed by atoms with E-state index in [1.54, 1.807) is 18.1 Å². The zero-order valence-corrected chi connectivity index (χ0v) is 21.4. The second kappa shape index (κ2) is 11.6. The molecule has 2 aromatic rings. The molecular weight excluding hydrogens is 488 g/mol. The second-order valence-corrected chi connectivity index (χ2v) is 9.87. The van der Waals surface area contributed by atoms with Crippen LogP contribution in [0.3, 0.4) is 0 Å². The molecule has 0 aromatic heterocycles. The van der Waals surface area contributed by atoms with Crippen molar-refractivity contribution in [3.8, 4) is 11.5 Å². The minimum absolute atomic E-state index is 0.0984. The van der Waals surface area contributed by atoms with Crippen LogP contribution in [0, 0.1) is 5.92 Å². The number of benzene rings is 2. The highest BCUT2D eigenvalue weighted by Crippen LogP contribution is 2.47. The molecular formula is C29H34N2O7. The van der Waals surface area contributed by atoms with Crippen molar-refractivity contribution in [2.45, 2.75) is 37.0 Å². The maximum absolute atomic E-state index is 13.8. The van der Waals surface area contributed by atoms with Crippen molar-refractivity contribution in [2.24, 2.45) is 5.92 Å². The topological polar surface area (TPSA) is 118 Å². The number of fused-ring (bicyclic) bond motifs is 3. The summed E-state index contributed by atoms with van der Waals surface area (Å²) in [5, 5.41) is 23.7. The molecule has 9 heteroatoms. The molecule has 0 spiro atoms. The van der Waals surface area contributed by atoms with Crippen LogP contribution in [0.2, 0.25) is 0 Å². The van der Waals surface area contributed by atoms with Gasteiger partial charge in [0, 0.05) is 30.8 Å². The van der Waals surface area contributed by atoms with E-state index < -0.39 is 24.2 Å². The van der Waals surface area contributed by atoms with Gasteiger partial charge in [0.2, 0.25) is 11.8 Å². The fourth-order valence-electron chi connectivity index (χ4n) is 5.64. The number of aliphatic hydroxyl groups is 2. The van der Waals surface area contributed by atoms with Gasteiger partial charge in [-0.3, -0.25) is 9.59 Å². The standard InChI is InChI=1S/C29H34N2O7/c1-36-20-6-4-5-18(15-20)9-12-31(29(35)19-10-14-37-17-19)23-16-22(28(34)30-11-13-32)25-21-7-2-3-8-24(21)38-27(25)26(23)33/h2-8,15-16,19,23,25-27,32-33H,9-14,17H2,1H3,(H,30,34)/t19?,23-,25+,26+,27+/m1/s1. The number of aliphatic hydroxyl groups excluding tert-OH is 2. The first-order chi connectivity index (χ1) is 18.5. The van der Waals surface area contributed by atoms with Gasteiger partial charge in [-0.25, -0.2) is 0 Å². The molecule has 1 fully saturated rings. The Hall–Kier alpha value is -3.40. The van der Waals surface area contributed by atoms with Gasteiger partial charge in [-0.1, -0.05) is 30.3 Å². The molecule has 5 rings (SSSR count). The lowest BCUT2D eigenvalue weighted by Gasteiger charge is -2.41. The van der Waals surface area contributed by atoms with Gasteiger partial charge in [-0.2, -0.15) is 0 Å². The first-order valence-corrected chi connectivity index (χ1v) is 13.1. The summed E-state index contributed by atoms with van der Waals surface area (Å²) in [6.45, 7) is 1.08. The van der Waals surface area contributed by atoms with Crippen LogP contribution in [0.4, 0.5) is 0 Å². The summed E-state index contributed by atoms with van der Waals surface area (Å²) in [5.41, 5.74) is 2.23. The van der Waals surface area contributed by atoms with Crippen molar-refractivity contribution in [3.63, 3.8) is 0 Å². The predicted molar refractivity (Wildman–Crippen MR) is 139 cm³/mol. The number of methoxy groups -OCH3 is 1. The van der Waals surface area contributed by atoms with Crippen molar-refractivity contribution >= 4 is 11.8 Å². The molecule has 0 saturated carbocycles. The van der Waals surface area contributed by atoms with Gasteiger partial charge in [-0.15, -0.1) is 0 Å². The molecule has 0 bridgehead atoms. The summed E-state index contributed by atoms with van der Waals surface area (Å²) >= 11 is 0. The fraction of sp³-hybridized carbons (Fsp3) is 0.448. The molecule has 1 aliphatic carbocycles. The maximum atomic E-state index is 13.8. The Morgan fingerprint density at radius 2 is 2.03 bits per heavy atom. The maximum Gasteiger partial charge on any atom is 0.247 e. The van der Waals surface area contributed by atoms with E-state index in [0.29, 0.717) is 43.9 Å². The highest BCUT2D eigenvalue weighted by Gasteiger charge is 2.50. The van der Waals surface area contributed by atoms with Crippen LogP contribution in [0.5, 0.6) is 11.5 Å². The lowest BCUT2D eigenvalue weighted by Crippen LogP contribution is -2.57. The molecule has 1 saturated heterocycles. The van der Waals surface area contributed by atoms with Crippen molar-refractivity contribution < 1.29 is 34.0 Å². The van der Waals surface area contributed by atoms with Crippen LogP contribution < -0.4 is 14.8 Å². The second-order valence-electron chi connectivity index (χ2n) is 9.87. The zero-order chi connectivity index (χ0) is 26.6. The van der Waals surface area contributed by atoms with E-state index >= 15 is 0 Å². The fourth-order valence-corrected chi connectivity index (χ4v) is 5.64. The van der Waals surface area contributed by atoms with E-state index in [1.807, 2.05) is 48.5 Å². The minimum atomic E-state index is -1.06. The molecule has 3 N–H and O–H groups in total. The number of nitrogens with zero attached hydrogens (tertiary/aromatic N) is 1. The van der Waals surface area contributed by atoms with E-state index in [2.05, 4.69) is 5.32 Å². The first kappa shape index (κ1) is 26.2. The predicted octanol–water partition coefficient (Wildman–Crippen LogP) is 1.43. The lowest BCUT2D eigenvalue weighted by atomic mass is 9.77. The van der Waals surface area contributed by atoms with Gasteiger partial charge in [0.1, 0.15) is 23.7 Å². The van der Waals surface area contributed by atoms with Crippen molar-refractivity contribution in [1.82, 2.24) is 10.2 Å². The summed E-state index contributed by atoms with van der Waals surface area (Å²) < 4.78 is 17.0. The third kappa shape index (κ3) is 5.14. The number of hydrogen-bond acceptors (Lipinski definition) is 7. The number of hydrogen-bond donors (Lipinski definition) is 3. The molecule has 1 unspecified atom stereocenters. The highest BCUT2D eigenvalue weighted by atomic mass is 16.5. The number of rotatable bonds is 9. The highest BCUT2D eigenvalue weighted by molar-refractivity contribution is 5.96. The van der Waals surface area contributed by atoms with Gasteiger partial charge in [0.25, 0.3) is 0 Å². The van der Waals surface area contributed by atoms with Crippen LogP contribution in [-0.4, -0.2) is 85.2 Å². The molecule has 202 valence electrons. The van der Waals surface area contributed by atoms with Crippen molar-refractivity contribution in [1.29, 1.82) is 0 Å². The van der Waals surface area contributed by atoms with Gasteiger partial charge < -0.3 is 34.6 Å². The number of amides is 2. The molecule has 2 aliphatic heterocycles. The Morgan fingerprint density at radius 3 is 2.79 bits per heavy atom. The SMILES string of the molecule is COc1cccc(CCN(C(=O)C2CCOC2)[C@@H]2C=C(C(=O)NCCO)[C@@H]3c4ccccc4O[C@@H]3[C@H]2O)c1. The molecule has 2 aromatic carbocycles. The van der Waals surface area contributed by atoms with Crippen LogP contribution in [-0.2, 0) is 20.7 Å². The van der Waals surface area contributed by atoms with Gasteiger partial charge in [-0.05, 0) is 42.7 Å². The molecule has 38 heavy (non-hydrogen) atoms. The average molecular weight is 523 g/mol. The van der Waals surface area contributed by atoms with Crippen LogP contribution in [0.1, 0.15) is 23.5 Å². The molecule has 3 aliphatic rings. The normalized spacial score (nSPS) is 25.6. The van der Waals surface area contributed by atoms with Gasteiger partial charge in [0.15, 0.2) is 0 Å². The Balaban J connectivity index is 1.50. The molecule has 9 nitrogen and oxygen atoms in total. The number of carbonyl (C=O) groups is 2. The third-order valence-electron chi connectivity index (χ3n) is 7.57. The van der Waals surface area contributed by atoms with Gasteiger partial charge in [0.05, 0.1) is 38.2 Å². The first-order valence-electron chi connectivity index (χ1n) is 13.1. The number of nitrogens with one attached hydrogen (secondary N) is 1. The molecule has 2 heterocycles. The van der Waals surface area contributed by atoms with Crippen LogP contribution in [0.15, 0.2) is 60.2 Å². The summed E-state index contributed by atoms with van der Waals surface area (Å²) in [7, 11) is 1.61. The van der Waals surface area contributed by atoms with Crippen LogP contribution in [0.25, 0.3) is 0 Å². The lowest BCUT2D eigenvalue weighted by molar-refractivity contribution is -0.141. The molecule has 2 amide bonds. The smallest absolute Gasteiger partial charge is 0.247 e. The van der Waals surface area contributed by atoms with Gasteiger partial charge >= 0.3 is 0 Å². The Kier molecular flexibility index (Phi) is 7.97. The van der Waals surface area contributed by atoms with E-state index in [1.165, 1.54) is 0 Å². The molecule has 5 atom stereocenters. The average Bonchev–Trinajstić information content (AvgIpc) is 3.62. The minimum Gasteiger partial charge on any atom is -0.497 e. The number of para-hydroxylation sites is 1. The quantitative estimate of drug-likeness (QED) is 0.456. The third-order valence-corrected chi connectivity index (χ3v) is 7.57. The summed E-state index contributed by atoms with van der Waals surface area (Å²) in [5.74, 6) is 0.0742. The van der Waals surface area contributed by atoms with Crippen molar-refractivity contribution in [3.05, 3.63) is 71.3 Å². The Labute approximate surface area is 222 Å². The Bertz CT molecular complexity index is 1190. The molecule has 0 radical (unpaired) electrons. The summed E-state index contributed by atoms with van der Waals surface area (Å²) in [6, 6.07) is 14.3. The van der Waals surface area contributed by atoms with E-state index in [4.69, 9.17) is 14.2 Å². The van der Waals surface area contributed by atoms with Crippen molar-refractivity contribution in [2.75, 3.05) is 40.0 Å². The largest absolute Gasteiger partial charge is 0.497 e. The monoisotopic (exact) mass is 522 g/mol. The van der Waals surface area contributed by atoms with E-state index in [0.717, 1.165) is 16.9 Å². The number of ether oxygens (including phenoxy) is 3.